The lowest BCUT2D eigenvalue weighted by Crippen LogP contribution is -1.98. The fourth-order valence-corrected chi connectivity index (χ4v) is 3.23. The van der Waals surface area contributed by atoms with Crippen LogP contribution in [0.3, 0.4) is 0 Å². The zero-order chi connectivity index (χ0) is 25.3. The van der Waals surface area contributed by atoms with E-state index in [0.717, 1.165) is 10.9 Å². The van der Waals surface area contributed by atoms with E-state index in [1.807, 2.05) is 19.1 Å². The zero-order valence-corrected chi connectivity index (χ0v) is 19.3. The molecule has 0 bridgehead atoms. The second-order valence-electron chi connectivity index (χ2n) is 6.21. The van der Waals surface area contributed by atoms with Crippen LogP contribution in [0.15, 0.2) is 63.7 Å². The number of aryl methyl sites for hydroxylation is 2. The van der Waals surface area contributed by atoms with Crippen LogP contribution in [0.25, 0.3) is 10.8 Å². The van der Waals surface area contributed by atoms with Gasteiger partial charge in [-0.15, -0.1) is 35.5 Å². The second kappa shape index (κ2) is 11.9. The highest BCUT2D eigenvalue weighted by Crippen LogP contribution is 2.36. The molecule has 33 heavy (non-hydrogen) atoms. The van der Waals surface area contributed by atoms with Gasteiger partial charge >= 0.3 is 21.2 Å². The van der Waals surface area contributed by atoms with Gasteiger partial charge in [-0.25, -0.2) is 0 Å². The third-order valence-corrected chi connectivity index (χ3v) is 4.67. The van der Waals surface area contributed by atoms with E-state index in [0.29, 0.717) is 10.9 Å². The SMILES string of the molecule is Cc1ccc(N=Nc2ccc3cc(C)ccc3c2O)c(S(=O)(=O)O)c1.O=S(=O)=O.O=S(=O)=O. The Labute approximate surface area is 191 Å². The van der Waals surface area contributed by atoms with E-state index >= 15 is 0 Å². The average molecular weight is 517 g/mol. The molecule has 15 heteroatoms. The molecule has 0 aromatic heterocycles. The minimum Gasteiger partial charge on any atom is -0.505 e. The van der Waals surface area contributed by atoms with Gasteiger partial charge in [0.2, 0.25) is 0 Å². The number of fused-ring (bicyclic) bond motifs is 1. The highest BCUT2D eigenvalue weighted by atomic mass is 32.2. The van der Waals surface area contributed by atoms with Crippen LogP contribution in [0.2, 0.25) is 0 Å². The first-order chi connectivity index (χ1) is 15.2. The van der Waals surface area contributed by atoms with E-state index < -0.39 is 31.3 Å². The first-order valence-corrected chi connectivity index (χ1v) is 11.9. The fourth-order valence-electron chi connectivity index (χ4n) is 2.52. The maximum absolute atomic E-state index is 11.5. The first kappa shape index (κ1) is 27.5. The zero-order valence-electron chi connectivity index (χ0n) is 16.9. The number of rotatable bonds is 3. The van der Waals surface area contributed by atoms with E-state index in [2.05, 4.69) is 10.2 Å². The number of phenolic OH excluding ortho intramolecular Hbond substituents is 1. The van der Waals surface area contributed by atoms with Crippen LogP contribution in [-0.4, -0.2) is 43.3 Å². The highest BCUT2D eigenvalue weighted by molar-refractivity contribution is 7.86. The van der Waals surface area contributed by atoms with E-state index in [1.165, 1.54) is 12.1 Å². The number of hydrogen-bond acceptors (Lipinski definition) is 11. The summed E-state index contributed by atoms with van der Waals surface area (Å²) in [5.74, 6) is -0.0400. The van der Waals surface area contributed by atoms with Gasteiger partial charge in [-0.05, 0) is 43.0 Å². The van der Waals surface area contributed by atoms with Gasteiger partial charge in [0, 0.05) is 5.39 Å². The van der Waals surface area contributed by atoms with Crippen LogP contribution in [0.4, 0.5) is 11.4 Å². The summed E-state index contributed by atoms with van der Waals surface area (Å²) in [7, 11) is -10.6. The van der Waals surface area contributed by atoms with Gasteiger partial charge in [-0.2, -0.15) is 8.42 Å². The number of nitrogens with zero attached hydrogens (tertiary/aromatic N) is 2. The Bertz CT molecular complexity index is 1490. The average Bonchev–Trinajstić information content (AvgIpc) is 2.66. The van der Waals surface area contributed by atoms with Crippen molar-refractivity contribution in [2.75, 3.05) is 0 Å². The van der Waals surface area contributed by atoms with E-state index in [4.69, 9.17) is 25.3 Å². The molecule has 2 N–H and O–H groups in total. The van der Waals surface area contributed by atoms with Crippen molar-refractivity contribution < 1.29 is 43.3 Å². The summed E-state index contributed by atoms with van der Waals surface area (Å²) in [6, 6.07) is 13.4. The molecule has 0 aliphatic rings. The van der Waals surface area contributed by atoms with Crippen molar-refractivity contribution in [1.29, 1.82) is 0 Å². The Morgan fingerprint density at radius 2 is 1.18 bits per heavy atom. The van der Waals surface area contributed by atoms with Gasteiger partial charge in [0.25, 0.3) is 10.1 Å². The maximum atomic E-state index is 11.5. The minimum absolute atomic E-state index is 0.00324. The van der Waals surface area contributed by atoms with Gasteiger partial charge in [-0.1, -0.05) is 35.9 Å². The summed E-state index contributed by atoms with van der Waals surface area (Å²) >= 11 is 0. The summed E-state index contributed by atoms with van der Waals surface area (Å²) in [5.41, 5.74) is 1.93. The van der Waals surface area contributed by atoms with Crippen molar-refractivity contribution in [2.24, 2.45) is 10.2 Å². The van der Waals surface area contributed by atoms with E-state index in [9.17, 15) is 18.1 Å². The molecule has 3 rings (SSSR count). The Morgan fingerprint density at radius 3 is 1.73 bits per heavy atom. The molecule has 0 spiro atoms. The third-order valence-electron chi connectivity index (χ3n) is 3.78. The monoisotopic (exact) mass is 516 g/mol. The Kier molecular flexibility index (Phi) is 9.93. The molecule has 0 aliphatic carbocycles. The highest BCUT2D eigenvalue weighted by Gasteiger charge is 2.16. The van der Waals surface area contributed by atoms with Gasteiger partial charge in [0.1, 0.15) is 16.3 Å². The van der Waals surface area contributed by atoms with Crippen LogP contribution < -0.4 is 0 Å². The minimum atomic E-state index is -4.43. The molecular formula is C18H16N2O10S3. The second-order valence-corrected chi connectivity index (χ2v) is 8.42. The summed E-state index contributed by atoms with van der Waals surface area (Å²) in [6.45, 7) is 3.66. The predicted octanol–water partition coefficient (Wildman–Crippen LogP) is 2.82. The van der Waals surface area contributed by atoms with Crippen molar-refractivity contribution >= 4 is 53.5 Å². The number of phenols is 1. The molecule has 0 amide bonds. The Hall–Kier alpha value is -3.53. The molecule has 3 aromatic carbocycles. The Balaban J connectivity index is 0.000000591. The van der Waals surface area contributed by atoms with E-state index in [1.54, 1.807) is 31.2 Å². The Morgan fingerprint density at radius 1 is 0.727 bits per heavy atom. The molecule has 0 saturated carbocycles. The van der Waals surface area contributed by atoms with Gasteiger partial charge in [0.05, 0.1) is 0 Å². The predicted molar refractivity (Wildman–Crippen MR) is 115 cm³/mol. The van der Waals surface area contributed by atoms with Crippen LogP contribution in [-0.2, 0) is 31.3 Å². The smallest absolute Gasteiger partial charge is 0.425 e. The van der Waals surface area contributed by atoms with Gasteiger partial charge in [0.15, 0.2) is 5.75 Å². The molecule has 0 radical (unpaired) electrons. The maximum Gasteiger partial charge on any atom is 0.425 e. The standard InChI is InChI=1S/C18H16N2O4S.2O3S/c1-11-3-6-14-13(9-11)5-8-16(18(14)21)20-19-15-7-4-12(2)10-17(15)25(22,23)24;2*1-4(2)3/h3-10,21H,1-2H3,(H,22,23,24);;. The van der Waals surface area contributed by atoms with E-state index in [-0.39, 0.29) is 22.0 Å². The van der Waals surface area contributed by atoms with Crippen molar-refractivity contribution in [3.05, 3.63) is 59.7 Å². The van der Waals surface area contributed by atoms with Crippen LogP contribution in [0.1, 0.15) is 11.1 Å². The van der Waals surface area contributed by atoms with Crippen molar-refractivity contribution in [3.63, 3.8) is 0 Å². The fraction of sp³-hybridized carbons (Fsp3) is 0.111. The number of azo groups is 1. The normalized spacial score (nSPS) is 10.6. The molecule has 0 saturated heterocycles. The summed E-state index contributed by atoms with van der Waals surface area (Å²) in [4.78, 5) is -0.327. The lowest BCUT2D eigenvalue weighted by Gasteiger charge is -2.05. The first-order valence-electron chi connectivity index (χ1n) is 8.48. The molecule has 0 fully saturated rings. The lowest BCUT2D eigenvalue weighted by molar-refractivity contribution is 0.482. The van der Waals surface area contributed by atoms with Crippen LogP contribution in [0.5, 0.6) is 5.75 Å². The molecule has 0 heterocycles. The number of benzene rings is 3. The topological polar surface area (TPSA) is 202 Å². The number of hydrogen-bond donors (Lipinski definition) is 2. The largest absolute Gasteiger partial charge is 0.505 e. The van der Waals surface area contributed by atoms with Crippen molar-refractivity contribution in [3.8, 4) is 5.75 Å². The van der Waals surface area contributed by atoms with Gasteiger partial charge < -0.3 is 5.11 Å². The molecule has 176 valence electrons. The quantitative estimate of drug-likeness (QED) is 0.385. The third kappa shape index (κ3) is 9.24. The summed E-state index contributed by atoms with van der Waals surface area (Å²) < 4.78 is 83.0. The molecule has 0 atom stereocenters. The molecule has 3 aromatic rings. The van der Waals surface area contributed by atoms with Gasteiger partial charge in [-0.3, -0.25) is 4.55 Å². The molecular weight excluding hydrogens is 500 g/mol. The van der Waals surface area contributed by atoms with Crippen LogP contribution >= 0.6 is 0 Å². The molecule has 0 aliphatic heterocycles. The lowest BCUT2D eigenvalue weighted by atomic mass is 10.1. The van der Waals surface area contributed by atoms with Crippen LogP contribution in [0, 0.1) is 13.8 Å². The van der Waals surface area contributed by atoms with Crippen molar-refractivity contribution in [2.45, 2.75) is 18.7 Å². The number of aromatic hydroxyl groups is 1. The van der Waals surface area contributed by atoms with Crippen molar-refractivity contribution in [1.82, 2.24) is 0 Å². The molecule has 0 unspecified atom stereocenters. The summed E-state index contributed by atoms with van der Waals surface area (Å²) in [6.07, 6.45) is 0. The molecule has 12 nitrogen and oxygen atoms in total. The summed E-state index contributed by atoms with van der Waals surface area (Å²) in [5, 5.41) is 19.7.